The van der Waals surface area contributed by atoms with Gasteiger partial charge in [-0.1, -0.05) is 0 Å². The third-order valence-corrected chi connectivity index (χ3v) is 2.54. The Morgan fingerprint density at radius 3 is 2.92 bits per heavy atom. The molecule has 1 aliphatic rings. The van der Waals surface area contributed by atoms with Gasteiger partial charge in [-0.2, -0.15) is 9.90 Å². The summed E-state index contributed by atoms with van der Waals surface area (Å²) >= 11 is 0. The second-order valence-corrected chi connectivity index (χ2v) is 3.67. The van der Waals surface area contributed by atoms with Crippen molar-refractivity contribution < 1.29 is 0 Å². The molecule has 4 N–H and O–H groups in total. The zero-order chi connectivity index (χ0) is 9.26. The molecule has 1 aromatic heterocycles. The molecule has 5 nitrogen and oxygen atoms in total. The maximum atomic E-state index is 5.87. The minimum absolute atomic E-state index is 0.297. The van der Waals surface area contributed by atoms with E-state index in [1.165, 1.54) is 0 Å². The van der Waals surface area contributed by atoms with E-state index in [4.69, 9.17) is 11.5 Å². The van der Waals surface area contributed by atoms with Crippen molar-refractivity contribution in [2.45, 2.75) is 37.8 Å². The van der Waals surface area contributed by atoms with Crippen molar-refractivity contribution in [1.82, 2.24) is 15.0 Å². The van der Waals surface area contributed by atoms with Crippen molar-refractivity contribution in [3.8, 4) is 0 Å². The van der Waals surface area contributed by atoms with Gasteiger partial charge < -0.3 is 11.5 Å². The summed E-state index contributed by atoms with van der Waals surface area (Å²) in [7, 11) is 0. The first-order valence-corrected chi connectivity index (χ1v) is 4.68. The molecule has 5 heteroatoms. The summed E-state index contributed by atoms with van der Waals surface area (Å²) in [5.41, 5.74) is 11.4. The van der Waals surface area contributed by atoms with Crippen molar-refractivity contribution in [3.63, 3.8) is 0 Å². The molecule has 0 amide bonds. The van der Waals surface area contributed by atoms with E-state index in [1.807, 2.05) is 0 Å². The number of nitrogens with zero attached hydrogens (tertiary/aromatic N) is 3. The fourth-order valence-electron chi connectivity index (χ4n) is 1.87. The van der Waals surface area contributed by atoms with Crippen LogP contribution in [0.3, 0.4) is 0 Å². The summed E-state index contributed by atoms with van der Waals surface area (Å²) < 4.78 is 0. The fourth-order valence-corrected chi connectivity index (χ4v) is 1.87. The van der Waals surface area contributed by atoms with Gasteiger partial charge in [-0.3, -0.25) is 0 Å². The van der Waals surface area contributed by atoms with Crippen LogP contribution in [0.25, 0.3) is 0 Å². The Kier molecular flexibility index (Phi) is 2.18. The van der Waals surface area contributed by atoms with E-state index in [-0.39, 0.29) is 0 Å². The van der Waals surface area contributed by atoms with Gasteiger partial charge >= 0.3 is 0 Å². The van der Waals surface area contributed by atoms with Gasteiger partial charge in [0.15, 0.2) is 5.82 Å². The van der Waals surface area contributed by atoms with Crippen molar-refractivity contribution in [2.24, 2.45) is 5.73 Å². The summed E-state index contributed by atoms with van der Waals surface area (Å²) in [5, 5.41) is 8.20. The second kappa shape index (κ2) is 3.33. The van der Waals surface area contributed by atoms with Gasteiger partial charge in [0.05, 0.1) is 12.2 Å². The number of aromatic nitrogens is 3. The predicted octanol–water partition coefficient (Wildman–Crippen LogP) is 0.303. The Hall–Kier alpha value is -1.10. The molecule has 0 spiro atoms. The highest BCUT2D eigenvalue weighted by atomic mass is 15.5. The van der Waals surface area contributed by atoms with E-state index in [1.54, 1.807) is 11.0 Å². The topological polar surface area (TPSA) is 82.8 Å². The highest BCUT2D eigenvalue weighted by Gasteiger charge is 2.21. The largest absolute Gasteiger partial charge is 0.381 e. The SMILES string of the molecule is Nc1cnn(C2CCCC(N)C2)n1. The van der Waals surface area contributed by atoms with Gasteiger partial charge in [-0.15, -0.1) is 5.10 Å². The molecule has 1 heterocycles. The van der Waals surface area contributed by atoms with E-state index in [2.05, 4.69) is 10.2 Å². The van der Waals surface area contributed by atoms with Crippen molar-refractivity contribution >= 4 is 5.82 Å². The molecule has 1 aliphatic carbocycles. The van der Waals surface area contributed by atoms with Gasteiger partial charge in [0, 0.05) is 6.04 Å². The molecule has 0 radical (unpaired) electrons. The zero-order valence-corrected chi connectivity index (χ0v) is 7.56. The average molecular weight is 181 g/mol. The molecular formula is C8H15N5. The summed E-state index contributed by atoms with van der Waals surface area (Å²) in [6.45, 7) is 0. The molecule has 0 aliphatic heterocycles. The predicted molar refractivity (Wildman–Crippen MR) is 49.9 cm³/mol. The molecule has 0 saturated heterocycles. The first-order valence-electron chi connectivity index (χ1n) is 4.68. The average Bonchev–Trinajstić information content (AvgIpc) is 2.52. The molecular weight excluding hydrogens is 166 g/mol. The third kappa shape index (κ3) is 1.80. The second-order valence-electron chi connectivity index (χ2n) is 3.67. The monoisotopic (exact) mass is 181 g/mol. The molecule has 0 bridgehead atoms. The molecule has 1 aromatic rings. The van der Waals surface area contributed by atoms with Gasteiger partial charge in [-0.05, 0) is 25.7 Å². The van der Waals surface area contributed by atoms with Crippen LogP contribution in [0.2, 0.25) is 0 Å². The van der Waals surface area contributed by atoms with Crippen LogP contribution in [-0.4, -0.2) is 21.0 Å². The Balaban J connectivity index is 2.08. The molecule has 2 atom stereocenters. The minimum atomic E-state index is 0.297. The van der Waals surface area contributed by atoms with Crippen molar-refractivity contribution in [3.05, 3.63) is 6.20 Å². The summed E-state index contributed by atoms with van der Waals surface area (Å²) in [6, 6.07) is 0.645. The van der Waals surface area contributed by atoms with E-state index < -0.39 is 0 Å². The van der Waals surface area contributed by atoms with Crippen molar-refractivity contribution in [2.75, 3.05) is 5.73 Å². The highest BCUT2D eigenvalue weighted by Crippen LogP contribution is 2.26. The minimum Gasteiger partial charge on any atom is -0.381 e. The zero-order valence-electron chi connectivity index (χ0n) is 7.56. The van der Waals surface area contributed by atoms with Crippen molar-refractivity contribution in [1.29, 1.82) is 0 Å². The van der Waals surface area contributed by atoms with E-state index in [0.717, 1.165) is 25.7 Å². The van der Waals surface area contributed by atoms with Gasteiger partial charge in [0.1, 0.15) is 0 Å². The Bertz CT molecular complexity index is 282. The lowest BCUT2D eigenvalue weighted by Gasteiger charge is -2.25. The van der Waals surface area contributed by atoms with Gasteiger partial charge in [-0.25, -0.2) is 0 Å². The standard InChI is InChI=1S/C8H15N5/c9-6-2-1-3-7(4-6)13-11-5-8(10)12-13/h5-7H,1-4,9H2,(H2,10,12). The molecule has 72 valence electrons. The highest BCUT2D eigenvalue weighted by molar-refractivity contribution is 5.19. The maximum Gasteiger partial charge on any atom is 0.165 e. The van der Waals surface area contributed by atoms with Crippen LogP contribution in [0, 0.1) is 0 Å². The van der Waals surface area contributed by atoms with Crippen LogP contribution in [0.15, 0.2) is 6.20 Å². The number of hydrogen-bond donors (Lipinski definition) is 2. The normalized spacial score (nSPS) is 29.0. The molecule has 13 heavy (non-hydrogen) atoms. The lowest BCUT2D eigenvalue weighted by Crippen LogP contribution is -2.30. The fraction of sp³-hybridized carbons (Fsp3) is 0.750. The molecule has 2 unspecified atom stereocenters. The van der Waals surface area contributed by atoms with E-state index in [9.17, 15) is 0 Å². The number of rotatable bonds is 1. The van der Waals surface area contributed by atoms with E-state index >= 15 is 0 Å². The van der Waals surface area contributed by atoms with Crippen LogP contribution >= 0.6 is 0 Å². The van der Waals surface area contributed by atoms with Crippen LogP contribution in [0.1, 0.15) is 31.7 Å². The Morgan fingerprint density at radius 1 is 1.46 bits per heavy atom. The first-order chi connectivity index (χ1) is 6.25. The Labute approximate surface area is 77.1 Å². The number of nitrogens with two attached hydrogens (primary N) is 2. The third-order valence-electron chi connectivity index (χ3n) is 2.54. The van der Waals surface area contributed by atoms with Crippen LogP contribution < -0.4 is 11.5 Å². The summed E-state index contributed by atoms with van der Waals surface area (Å²) in [6.07, 6.45) is 5.94. The van der Waals surface area contributed by atoms with Gasteiger partial charge in [0.25, 0.3) is 0 Å². The van der Waals surface area contributed by atoms with Crippen LogP contribution in [-0.2, 0) is 0 Å². The smallest absolute Gasteiger partial charge is 0.165 e. The van der Waals surface area contributed by atoms with E-state index in [0.29, 0.717) is 17.9 Å². The quantitative estimate of drug-likeness (QED) is 0.653. The van der Waals surface area contributed by atoms with Crippen LogP contribution in [0.5, 0.6) is 0 Å². The van der Waals surface area contributed by atoms with Crippen LogP contribution in [0.4, 0.5) is 5.82 Å². The van der Waals surface area contributed by atoms with Gasteiger partial charge in [0.2, 0.25) is 0 Å². The number of hydrogen-bond acceptors (Lipinski definition) is 4. The first kappa shape index (κ1) is 8.50. The molecule has 1 saturated carbocycles. The number of nitrogen functional groups attached to an aromatic ring is 1. The molecule has 2 rings (SSSR count). The Morgan fingerprint density at radius 2 is 2.31 bits per heavy atom. The number of anilines is 1. The lowest BCUT2D eigenvalue weighted by molar-refractivity contribution is 0.277. The summed E-state index contributed by atoms with van der Waals surface area (Å²) in [4.78, 5) is 1.70. The maximum absolute atomic E-state index is 5.87. The lowest BCUT2D eigenvalue weighted by atomic mass is 9.92. The molecule has 0 aromatic carbocycles. The molecule has 1 fully saturated rings. The summed E-state index contributed by atoms with van der Waals surface area (Å²) in [5.74, 6) is 0.485.